The largest absolute Gasteiger partial charge is 0.497 e. The monoisotopic (exact) mass is 280 g/mol. The molecule has 1 aliphatic heterocycles. The van der Waals surface area contributed by atoms with E-state index in [9.17, 15) is 0 Å². The van der Waals surface area contributed by atoms with E-state index in [-0.39, 0.29) is 0 Å². The second-order valence-corrected chi connectivity index (χ2v) is 4.94. The fourth-order valence-electron chi connectivity index (χ4n) is 2.32. The minimum atomic E-state index is 0.429. The molecule has 20 heavy (non-hydrogen) atoms. The van der Waals surface area contributed by atoms with Crippen LogP contribution in [-0.2, 0) is 0 Å². The lowest BCUT2D eigenvalue weighted by Gasteiger charge is -2.25. The normalized spacial score (nSPS) is 18.6. The van der Waals surface area contributed by atoms with Crippen LogP contribution in [0.4, 0.5) is 0 Å². The average molecular weight is 280 g/mol. The Hall–Kier alpha value is -1.95. The van der Waals surface area contributed by atoms with Gasteiger partial charge in [0.1, 0.15) is 50.8 Å². The predicted molar refractivity (Wildman–Crippen MR) is 77.4 cm³/mol. The van der Waals surface area contributed by atoms with Crippen LogP contribution in [0, 0.1) is 0 Å². The van der Waals surface area contributed by atoms with Crippen LogP contribution in [0.15, 0.2) is 24.3 Å². The van der Waals surface area contributed by atoms with E-state index in [0.717, 1.165) is 44.2 Å². The van der Waals surface area contributed by atoms with Crippen LogP contribution in [0.1, 0.15) is 0 Å². The van der Waals surface area contributed by atoms with Crippen LogP contribution in [0.25, 0.3) is 0 Å². The van der Waals surface area contributed by atoms with Crippen molar-refractivity contribution in [2.24, 2.45) is 11.5 Å². The quantitative estimate of drug-likeness (QED) is 0.442. The molecule has 0 saturated carbocycles. The number of methoxy groups -OCH3 is 1. The highest BCUT2D eigenvalue weighted by atomic mass is 16.5. The lowest BCUT2D eigenvalue weighted by molar-refractivity contribution is -0.931. The Morgan fingerprint density at radius 1 is 1.15 bits per heavy atom. The van der Waals surface area contributed by atoms with Gasteiger partial charge in [-0.05, 0) is 24.3 Å². The number of quaternary nitrogens is 1. The summed E-state index contributed by atoms with van der Waals surface area (Å²) in [7, 11) is 1.66. The number of hydrogen-bond donors (Lipinski definition) is 3. The maximum Gasteiger partial charge on any atom is 0.341 e. The fraction of sp³-hybridized carbons (Fsp3) is 0.500. The number of piperazine rings is 1. The molecule has 1 aromatic rings. The maximum absolute atomic E-state index is 5.74. The van der Waals surface area contributed by atoms with E-state index in [1.165, 1.54) is 4.90 Å². The predicted octanol–water partition coefficient (Wildman–Crippen LogP) is -1.74. The van der Waals surface area contributed by atoms with Crippen LogP contribution in [0.3, 0.4) is 0 Å². The Balaban J connectivity index is 1.70. The molecule has 0 unspecified atom stereocenters. The van der Waals surface area contributed by atoms with Crippen molar-refractivity contribution in [3.05, 3.63) is 24.3 Å². The first-order valence-corrected chi connectivity index (χ1v) is 6.92. The average Bonchev–Trinajstić information content (AvgIpc) is 2.48. The number of ether oxygens (including phenoxy) is 2. The van der Waals surface area contributed by atoms with Crippen LogP contribution in [0.2, 0.25) is 0 Å². The lowest BCUT2D eigenvalue weighted by Crippen LogP contribution is -3.15. The molecule has 0 atom stereocenters. The van der Waals surface area contributed by atoms with Gasteiger partial charge in [0, 0.05) is 0 Å². The van der Waals surface area contributed by atoms with Gasteiger partial charge in [-0.2, -0.15) is 0 Å². The number of nitrogens with zero attached hydrogens (tertiary/aromatic N) is 1. The van der Waals surface area contributed by atoms with Gasteiger partial charge in [-0.25, -0.2) is 0 Å². The molecule has 0 spiro atoms. The molecule has 1 aliphatic rings. The zero-order chi connectivity index (χ0) is 14.4. The molecular formula is C14H24N4O2+2. The summed E-state index contributed by atoms with van der Waals surface area (Å²) in [5, 5.41) is 0. The number of rotatable bonds is 5. The topological polar surface area (TPSA) is 78.0 Å². The number of nitrogens with two attached hydrogens (primary N) is 2. The van der Waals surface area contributed by atoms with Gasteiger partial charge in [-0.15, -0.1) is 0 Å². The van der Waals surface area contributed by atoms with Crippen LogP contribution in [0.5, 0.6) is 11.5 Å². The Labute approximate surface area is 119 Å². The van der Waals surface area contributed by atoms with Crippen LogP contribution >= 0.6 is 0 Å². The van der Waals surface area contributed by atoms with E-state index in [4.69, 9.17) is 20.9 Å². The molecule has 1 heterocycles. The van der Waals surface area contributed by atoms with Crippen molar-refractivity contribution < 1.29 is 18.9 Å². The second-order valence-electron chi connectivity index (χ2n) is 4.94. The van der Waals surface area contributed by atoms with Gasteiger partial charge in [-0.1, -0.05) is 0 Å². The zero-order valence-electron chi connectivity index (χ0n) is 12.0. The summed E-state index contributed by atoms with van der Waals surface area (Å²) in [5.41, 5.74) is 11.2. The first kappa shape index (κ1) is 14.5. The first-order chi connectivity index (χ1) is 9.69. The van der Waals surface area contributed by atoms with Gasteiger partial charge in [-0.3, -0.25) is 16.0 Å². The maximum atomic E-state index is 5.74. The van der Waals surface area contributed by atoms with Gasteiger partial charge in [0.05, 0.1) is 7.11 Å². The van der Waals surface area contributed by atoms with E-state index in [1.54, 1.807) is 7.11 Å². The number of hydrogen-bond acceptors (Lipinski definition) is 2. The molecule has 6 nitrogen and oxygen atoms in total. The Kier molecular flexibility index (Phi) is 5.06. The van der Waals surface area contributed by atoms with Crippen molar-refractivity contribution in [3.8, 4) is 11.5 Å². The summed E-state index contributed by atoms with van der Waals surface area (Å²) in [6.45, 7) is 5.63. The fourth-order valence-corrected chi connectivity index (χ4v) is 2.32. The third-order valence-electron chi connectivity index (χ3n) is 3.62. The van der Waals surface area contributed by atoms with Crippen molar-refractivity contribution in [1.82, 2.24) is 0 Å². The van der Waals surface area contributed by atoms with E-state index in [2.05, 4.69) is 0 Å². The van der Waals surface area contributed by atoms with Gasteiger partial charge in [0.2, 0.25) is 0 Å². The van der Waals surface area contributed by atoms with E-state index >= 15 is 0 Å². The molecule has 0 aliphatic carbocycles. The van der Waals surface area contributed by atoms with Crippen molar-refractivity contribution in [2.45, 2.75) is 0 Å². The smallest absolute Gasteiger partial charge is 0.341 e. The van der Waals surface area contributed by atoms with Crippen molar-refractivity contribution in [2.75, 3.05) is 46.4 Å². The Morgan fingerprint density at radius 3 is 2.30 bits per heavy atom. The molecule has 0 bridgehead atoms. The summed E-state index contributed by atoms with van der Waals surface area (Å²) in [6.07, 6.45) is 0. The molecule has 1 fully saturated rings. The van der Waals surface area contributed by atoms with Gasteiger partial charge >= 0.3 is 5.96 Å². The summed E-state index contributed by atoms with van der Waals surface area (Å²) in [5.74, 6) is 2.15. The van der Waals surface area contributed by atoms with Crippen molar-refractivity contribution in [3.63, 3.8) is 0 Å². The lowest BCUT2D eigenvalue weighted by atomic mass is 10.3. The number of benzene rings is 1. The molecule has 6 heteroatoms. The van der Waals surface area contributed by atoms with E-state index in [0.29, 0.717) is 12.6 Å². The third kappa shape index (κ3) is 4.03. The molecule has 0 radical (unpaired) electrons. The Bertz CT molecular complexity index is 445. The molecule has 5 N–H and O–H groups in total. The zero-order valence-corrected chi connectivity index (χ0v) is 12.0. The summed E-state index contributed by atoms with van der Waals surface area (Å²) in [6, 6.07) is 7.66. The summed E-state index contributed by atoms with van der Waals surface area (Å²) in [4.78, 5) is 1.52. The second kappa shape index (κ2) is 7.00. The third-order valence-corrected chi connectivity index (χ3v) is 3.62. The molecule has 0 amide bonds. The minimum absolute atomic E-state index is 0.429. The molecule has 110 valence electrons. The minimum Gasteiger partial charge on any atom is -0.497 e. The highest BCUT2D eigenvalue weighted by Gasteiger charge is 2.19. The highest BCUT2D eigenvalue weighted by molar-refractivity contribution is 5.70. The van der Waals surface area contributed by atoms with Crippen LogP contribution in [-0.4, -0.2) is 57.0 Å². The summed E-state index contributed by atoms with van der Waals surface area (Å²) >= 11 is 0. The van der Waals surface area contributed by atoms with E-state index < -0.39 is 0 Å². The van der Waals surface area contributed by atoms with E-state index in [1.807, 2.05) is 28.8 Å². The van der Waals surface area contributed by atoms with Gasteiger partial charge < -0.3 is 14.4 Å². The van der Waals surface area contributed by atoms with Crippen molar-refractivity contribution in [1.29, 1.82) is 0 Å². The van der Waals surface area contributed by atoms with Gasteiger partial charge in [0.15, 0.2) is 0 Å². The molecular weight excluding hydrogens is 256 g/mol. The van der Waals surface area contributed by atoms with Crippen molar-refractivity contribution >= 4 is 5.96 Å². The standard InChI is InChI=1S/C14H22N4O2/c1-19-12-2-4-13(5-3-12)20-11-10-17-6-8-18(9-7-17)14(15)16/h2-5H,6-11H2,1H3,(H3,15,16)/p+2. The Morgan fingerprint density at radius 2 is 1.75 bits per heavy atom. The van der Waals surface area contributed by atoms with Gasteiger partial charge in [0.25, 0.3) is 0 Å². The highest BCUT2D eigenvalue weighted by Crippen LogP contribution is 2.16. The molecule has 2 rings (SSSR count). The number of guanidine groups is 1. The number of nitrogens with one attached hydrogen (secondary N) is 1. The van der Waals surface area contributed by atoms with Crippen LogP contribution < -0.4 is 25.8 Å². The SMILES string of the molecule is COc1ccc(OCC[NH+]2CC[N+](=C(N)N)CC2)cc1. The first-order valence-electron chi connectivity index (χ1n) is 6.92. The molecule has 1 aromatic carbocycles. The summed E-state index contributed by atoms with van der Waals surface area (Å²) < 4.78 is 12.9. The molecule has 0 aromatic heterocycles. The molecule has 1 saturated heterocycles.